The molecule has 2 N–H and O–H groups in total. The van der Waals surface area contributed by atoms with Gasteiger partial charge in [-0.05, 0) is 44.5 Å². The average molecular weight is 274 g/mol. The number of hydrogen-bond donors (Lipinski definition) is 2. The van der Waals surface area contributed by atoms with E-state index in [2.05, 4.69) is 28.7 Å². The molecule has 4 nitrogen and oxygen atoms in total. The maximum Gasteiger partial charge on any atom is 0.261 e. The fourth-order valence-electron chi connectivity index (χ4n) is 2.04. The normalized spacial score (nSPS) is 11.6. The number of benzene rings is 1. The van der Waals surface area contributed by atoms with Crippen LogP contribution in [0.15, 0.2) is 12.1 Å². The van der Waals surface area contributed by atoms with Gasteiger partial charge in [0.2, 0.25) is 0 Å². The Kier molecular flexibility index (Phi) is 6.08. The summed E-state index contributed by atoms with van der Waals surface area (Å²) in [5.41, 5.74) is 3.23. The van der Waals surface area contributed by atoms with Gasteiger partial charge in [-0.25, -0.2) is 0 Å². The SMILES string of the molecule is C#CCNC(=O)C(C)Oc1c(C)cc(CNC)cc1C. The van der Waals surface area contributed by atoms with E-state index >= 15 is 0 Å². The lowest BCUT2D eigenvalue weighted by molar-refractivity contribution is -0.127. The molecule has 0 saturated carbocycles. The molecule has 0 radical (unpaired) electrons. The molecule has 0 aromatic heterocycles. The van der Waals surface area contributed by atoms with Gasteiger partial charge in [-0.3, -0.25) is 4.79 Å². The summed E-state index contributed by atoms with van der Waals surface area (Å²) in [5, 5.41) is 5.73. The van der Waals surface area contributed by atoms with Crippen LogP contribution in [0.5, 0.6) is 5.75 Å². The van der Waals surface area contributed by atoms with Crippen molar-refractivity contribution in [2.24, 2.45) is 0 Å². The number of carbonyl (C=O) groups excluding carboxylic acids is 1. The second kappa shape index (κ2) is 7.56. The van der Waals surface area contributed by atoms with Crippen molar-refractivity contribution in [2.75, 3.05) is 13.6 Å². The lowest BCUT2D eigenvalue weighted by atomic mass is 10.1. The summed E-state index contributed by atoms with van der Waals surface area (Å²) in [6.07, 6.45) is 4.54. The highest BCUT2D eigenvalue weighted by Gasteiger charge is 2.16. The Labute approximate surface area is 120 Å². The molecule has 1 aromatic carbocycles. The maximum absolute atomic E-state index is 11.8. The standard InChI is InChI=1S/C16H22N2O2/c1-6-7-18-16(19)13(4)20-15-11(2)8-14(10-17-5)9-12(15)3/h1,8-9,13,17H,7,10H2,2-5H3,(H,18,19). The molecule has 0 spiro atoms. The van der Waals surface area contributed by atoms with Crippen molar-refractivity contribution < 1.29 is 9.53 Å². The Morgan fingerprint density at radius 1 is 1.40 bits per heavy atom. The van der Waals surface area contributed by atoms with Crippen molar-refractivity contribution in [3.8, 4) is 18.1 Å². The van der Waals surface area contributed by atoms with E-state index in [-0.39, 0.29) is 12.5 Å². The van der Waals surface area contributed by atoms with Crippen molar-refractivity contribution >= 4 is 5.91 Å². The summed E-state index contributed by atoms with van der Waals surface area (Å²) >= 11 is 0. The van der Waals surface area contributed by atoms with Crippen LogP contribution in [0, 0.1) is 26.2 Å². The van der Waals surface area contributed by atoms with Crippen LogP contribution in [0.25, 0.3) is 0 Å². The van der Waals surface area contributed by atoms with Gasteiger partial charge in [-0.15, -0.1) is 6.42 Å². The molecule has 1 amide bonds. The Bertz CT molecular complexity index is 495. The van der Waals surface area contributed by atoms with Crippen molar-refractivity contribution in [3.05, 3.63) is 28.8 Å². The Balaban J connectivity index is 2.82. The number of amides is 1. The third-order valence-electron chi connectivity index (χ3n) is 2.93. The summed E-state index contributed by atoms with van der Waals surface area (Å²) in [7, 11) is 1.91. The largest absolute Gasteiger partial charge is 0.480 e. The highest BCUT2D eigenvalue weighted by molar-refractivity contribution is 5.81. The van der Waals surface area contributed by atoms with E-state index in [0.29, 0.717) is 0 Å². The lowest BCUT2D eigenvalue weighted by Gasteiger charge is -2.18. The fourth-order valence-corrected chi connectivity index (χ4v) is 2.04. The molecule has 0 heterocycles. The van der Waals surface area contributed by atoms with E-state index in [1.165, 1.54) is 5.56 Å². The predicted octanol–water partition coefficient (Wildman–Crippen LogP) is 1.54. The second-order valence-electron chi connectivity index (χ2n) is 4.77. The third kappa shape index (κ3) is 4.29. The molecule has 1 aromatic rings. The third-order valence-corrected chi connectivity index (χ3v) is 2.93. The molecular formula is C16H22N2O2. The van der Waals surface area contributed by atoms with Crippen molar-refractivity contribution in [2.45, 2.75) is 33.4 Å². The first-order chi connectivity index (χ1) is 9.49. The van der Waals surface area contributed by atoms with E-state index in [0.717, 1.165) is 23.4 Å². The zero-order chi connectivity index (χ0) is 15.1. The van der Waals surface area contributed by atoms with Crippen LogP contribution in [0.3, 0.4) is 0 Å². The first-order valence-electron chi connectivity index (χ1n) is 6.62. The summed E-state index contributed by atoms with van der Waals surface area (Å²) in [6.45, 7) is 6.69. The van der Waals surface area contributed by atoms with Crippen LogP contribution in [-0.4, -0.2) is 25.6 Å². The fraction of sp³-hybridized carbons (Fsp3) is 0.438. The molecular weight excluding hydrogens is 252 g/mol. The topological polar surface area (TPSA) is 50.4 Å². The zero-order valence-corrected chi connectivity index (χ0v) is 12.5. The molecule has 0 saturated heterocycles. The lowest BCUT2D eigenvalue weighted by Crippen LogP contribution is -2.36. The number of terminal acetylenes is 1. The Hall–Kier alpha value is -1.99. The summed E-state index contributed by atoms with van der Waals surface area (Å²) < 4.78 is 5.77. The number of hydrogen-bond acceptors (Lipinski definition) is 3. The molecule has 20 heavy (non-hydrogen) atoms. The molecule has 1 unspecified atom stereocenters. The minimum Gasteiger partial charge on any atom is -0.480 e. The van der Waals surface area contributed by atoms with Crippen LogP contribution in [0.1, 0.15) is 23.6 Å². The molecule has 108 valence electrons. The number of rotatable bonds is 6. The van der Waals surface area contributed by atoms with Crippen molar-refractivity contribution in [1.82, 2.24) is 10.6 Å². The number of ether oxygens (including phenoxy) is 1. The summed E-state index contributed by atoms with van der Waals surface area (Å²) in [5.74, 6) is 2.92. The second-order valence-corrected chi connectivity index (χ2v) is 4.77. The summed E-state index contributed by atoms with van der Waals surface area (Å²) in [6, 6.07) is 4.12. The van der Waals surface area contributed by atoms with E-state index in [1.54, 1.807) is 6.92 Å². The highest BCUT2D eigenvalue weighted by atomic mass is 16.5. The molecule has 0 aliphatic heterocycles. The van der Waals surface area contributed by atoms with Crippen molar-refractivity contribution in [1.29, 1.82) is 0 Å². The van der Waals surface area contributed by atoms with E-state index in [1.807, 2.05) is 20.9 Å². The van der Waals surface area contributed by atoms with E-state index in [9.17, 15) is 4.79 Å². The first-order valence-corrected chi connectivity index (χ1v) is 6.62. The Morgan fingerprint density at radius 3 is 2.50 bits per heavy atom. The van der Waals surface area contributed by atoms with E-state index in [4.69, 9.17) is 11.2 Å². The van der Waals surface area contributed by atoms with Gasteiger partial charge in [-0.1, -0.05) is 18.1 Å². The van der Waals surface area contributed by atoms with Crippen LogP contribution < -0.4 is 15.4 Å². The van der Waals surface area contributed by atoms with Gasteiger partial charge < -0.3 is 15.4 Å². The van der Waals surface area contributed by atoms with Gasteiger partial charge >= 0.3 is 0 Å². The zero-order valence-electron chi connectivity index (χ0n) is 12.5. The summed E-state index contributed by atoms with van der Waals surface area (Å²) in [4.78, 5) is 11.8. The van der Waals surface area contributed by atoms with Crippen LogP contribution in [0.4, 0.5) is 0 Å². The molecule has 4 heteroatoms. The first kappa shape index (κ1) is 16.1. The van der Waals surface area contributed by atoms with Gasteiger partial charge in [0.25, 0.3) is 5.91 Å². The number of nitrogens with one attached hydrogen (secondary N) is 2. The predicted molar refractivity (Wildman–Crippen MR) is 80.6 cm³/mol. The monoisotopic (exact) mass is 274 g/mol. The van der Waals surface area contributed by atoms with Crippen LogP contribution >= 0.6 is 0 Å². The van der Waals surface area contributed by atoms with Gasteiger partial charge in [-0.2, -0.15) is 0 Å². The maximum atomic E-state index is 11.8. The molecule has 1 atom stereocenters. The number of carbonyl (C=O) groups is 1. The van der Waals surface area contributed by atoms with Crippen LogP contribution in [-0.2, 0) is 11.3 Å². The van der Waals surface area contributed by atoms with Gasteiger partial charge in [0.15, 0.2) is 6.10 Å². The number of aryl methyl sites for hydroxylation is 2. The smallest absolute Gasteiger partial charge is 0.261 e. The highest BCUT2D eigenvalue weighted by Crippen LogP contribution is 2.25. The minimum absolute atomic E-state index is 0.207. The van der Waals surface area contributed by atoms with Crippen molar-refractivity contribution in [3.63, 3.8) is 0 Å². The van der Waals surface area contributed by atoms with E-state index < -0.39 is 6.10 Å². The molecule has 0 fully saturated rings. The average Bonchev–Trinajstić information content (AvgIpc) is 2.40. The minimum atomic E-state index is -0.573. The van der Waals surface area contributed by atoms with Crippen LogP contribution in [0.2, 0.25) is 0 Å². The quantitative estimate of drug-likeness (QED) is 0.774. The molecule has 0 bridgehead atoms. The van der Waals surface area contributed by atoms with Gasteiger partial charge in [0.05, 0.1) is 6.54 Å². The molecule has 0 aliphatic carbocycles. The van der Waals surface area contributed by atoms with Gasteiger partial charge in [0.1, 0.15) is 5.75 Å². The molecule has 0 aliphatic rings. The molecule has 1 rings (SSSR count). The Morgan fingerprint density at radius 2 is 2.00 bits per heavy atom. The van der Waals surface area contributed by atoms with Gasteiger partial charge in [0, 0.05) is 6.54 Å².